The molecule has 0 radical (unpaired) electrons. The zero-order valence-electron chi connectivity index (χ0n) is 9.21. The largest absolute Gasteiger partial charge is 0.478 e. The highest BCUT2D eigenvalue weighted by Gasteiger charge is 2.28. The minimum Gasteiger partial charge on any atom is -0.478 e. The van der Waals surface area contributed by atoms with Gasteiger partial charge in [0.15, 0.2) is 5.15 Å². The van der Waals surface area contributed by atoms with Crippen molar-refractivity contribution in [3.05, 3.63) is 10.7 Å². The van der Waals surface area contributed by atoms with Gasteiger partial charge in [0.2, 0.25) is 5.88 Å². The molecule has 1 aromatic heterocycles. The van der Waals surface area contributed by atoms with Crippen molar-refractivity contribution >= 4 is 11.6 Å². The van der Waals surface area contributed by atoms with Gasteiger partial charge in [-0.2, -0.15) is 5.10 Å². The molecule has 1 unspecified atom stereocenters. The third-order valence-corrected chi connectivity index (χ3v) is 3.63. The van der Waals surface area contributed by atoms with Gasteiger partial charge in [-0.1, -0.05) is 11.6 Å². The van der Waals surface area contributed by atoms with Gasteiger partial charge in [0, 0.05) is 25.4 Å². The van der Waals surface area contributed by atoms with Crippen LogP contribution in [0.1, 0.15) is 30.7 Å². The van der Waals surface area contributed by atoms with Crippen molar-refractivity contribution in [2.75, 3.05) is 19.7 Å². The molecule has 1 saturated heterocycles. The first-order chi connectivity index (χ1) is 7.86. The smallest absolute Gasteiger partial charge is 0.216 e. The Bertz CT molecular complexity index is 385. The number of nitrogens with one attached hydrogen (secondary N) is 1. The minimum absolute atomic E-state index is 0.461. The van der Waals surface area contributed by atoms with E-state index in [4.69, 9.17) is 16.3 Å². The molecule has 88 valence electrons. The molecular weight excluding hydrogens is 226 g/mol. The van der Waals surface area contributed by atoms with Gasteiger partial charge in [-0.05, 0) is 19.4 Å². The fourth-order valence-electron chi connectivity index (χ4n) is 2.56. The van der Waals surface area contributed by atoms with Gasteiger partial charge >= 0.3 is 0 Å². The summed E-state index contributed by atoms with van der Waals surface area (Å²) in [5.74, 6) is 1.37. The van der Waals surface area contributed by atoms with E-state index in [9.17, 15) is 0 Å². The number of rotatable bonds is 1. The Morgan fingerprint density at radius 2 is 2.38 bits per heavy atom. The summed E-state index contributed by atoms with van der Waals surface area (Å²) in [7, 11) is 0. The number of fused-ring (bicyclic) bond motifs is 1. The predicted molar refractivity (Wildman–Crippen MR) is 62.2 cm³/mol. The van der Waals surface area contributed by atoms with E-state index < -0.39 is 0 Å². The lowest BCUT2D eigenvalue weighted by Crippen LogP contribution is -2.29. The first kappa shape index (κ1) is 10.4. The molecule has 16 heavy (non-hydrogen) atoms. The molecule has 2 aliphatic heterocycles. The van der Waals surface area contributed by atoms with E-state index in [0.29, 0.717) is 11.1 Å². The van der Waals surface area contributed by atoms with E-state index in [1.807, 2.05) is 4.68 Å². The third kappa shape index (κ3) is 1.70. The number of piperidine rings is 1. The monoisotopic (exact) mass is 241 g/mol. The van der Waals surface area contributed by atoms with Crippen molar-refractivity contribution in [3.63, 3.8) is 0 Å². The Morgan fingerprint density at radius 1 is 1.44 bits per heavy atom. The molecule has 0 saturated carbocycles. The van der Waals surface area contributed by atoms with Crippen LogP contribution in [-0.2, 0) is 6.54 Å². The fraction of sp³-hybridized carbons (Fsp3) is 0.727. The molecule has 3 rings (SSSR count). The Morgan fingerprint density at radius 3 is 3.19 bits per heavy atom. The molecule has 2 aliphatic rings. The average molecular weight is 242 g/mol. The predicted octanol–water partition coefficient (Wildman–Crippen LogP) is 1.79. The van der Waals surface area contributed by atoms with Gasteiger partial charge in [-0.25, -0.2) is 4.68 Å². The maximum atomic E-state index is 6.23. The second kappa shape index (κ2) is 4.26. The number of hydrogen-bond acceptors (Lipinski definition) is 3. The highest BCUT2D eigenvalue weighted by atomic mass is 35.5. The van der Waals surface area contributed by atoms with Crippen LogP contribution < -0.4 is 10.1 Å². The van der Waals surface area contributed by atoms with Crippen LogP contribution in [-0.4, -0.2) is 29.5 Å². The number of nitrogens with zero attached hydrogens (tertiary/aromatic N) is 2. The molecule has 4 nitrogen and oxygen atoms in total. The van der Waals surface area contributed by atoms with Gasteiger partial charge in [-0.15, -0.1) is 0 Å². The first-order valence-electron chi connectivity index (χ1n) is 5.96. The van der Waals surface area contributed by atoms with E-state index in [-0.39, 0.29) is 0 Å². The summed E-state index contributed by atoms with van der Waals surface area (Å²) in [6, 6.07) is 0. The number of ether oxygens (including phenoxy) is 1. The van der Waals surface area contributed by atoms with Crippen LogP contribution in [0.15, 0.2) is 0 Å². The number of aromatic nitrogens is 2. The molecule has 0 amide bonds. The zero-order valence-corrected chi connectivity index (χ0v) is 9.96. The number of aryl methyl sites for hydroxylation is 1. The number of hydrogen-bond donors (Lipinski definition) is 1. The second-order valence-electron chi connectivity index (χ2n) is 4.48. The van der Waals surface area contributed by atoms with E-state index in [1.165, 1.54) is 12.8 Å². The summed E-state index contributed by atoms with van der Waals surface area (Å²) in [6.45, 7) is 3.81. The van der Waals surface area contributed by atoms with Crippen LogP contribution in [0.2, 0.25) is 5.15 Å². The molecule has 0 aliphatic carbocycles. The Kier molecular flexibility index (Phi) is 2.77. The van der Waals surface area contributed by atoms with E-state index >= 15 is 0 Å². The quantitative estimate of drug-likeness (QED) is 0.815. The molecule has 5 heteroatoms. The lowest BCUT2D eigenvalue weighted by atomic mass is 9.93. The molecule has 0 spiro atoms. The van der Waals surface area contributed by atoms with Gasteiger partial charge in [-0.3, -0.25) is 0 Å². The Labute approximate surface area is 99.9 Å². The van der Waals surface area contributed by atoms with Gasteiger partial charge in [0.25, 0.3) is 0 Å². The zero-order chi connectivity index (χ0) is 11.0. The fourth-order valence-corrected chi connectivity index (χ4v) is 2.89. The summed E-state index contributed by atoms with van der Waals surface area (Å²) in [4.78, 5) is 0. The maximum absolute atomic E-state index is 6.23. The molecule has 0 bridgehead atoms. The van der Waals surface area contributed by atoms with Crippen molar-refractivity contribution in [2.45, 2.75) is 31.7 Å². The Balaban J connectivity index is 1.95. The van der Waals surface area contributed by atoms with E-state index in [2.05, 4.69) is 10.4 Å². The SMILES string of the molecule is Clc1nn2c(c1C1CCCNC1)OCCC2. The van der Waals surface area contributed by atoms with Crippen LogP contribution in [0, 0.1) is 0 Å². The van der Waals surface area contributed by atoms with Gasteiger partial charge < -0.3 is 10.1 Å². The number of halogens is 1. The van der Waals surface area contributed by atoms with Crippen LogP contribution >= 0.6 is 11.6 Å². The second-order valence-corrected chi connectivity index (χ2v) is 4.84. The maximum Gasteiger partial charge on any atom is 0.216 e. The normalized spacial score (nSPS) is 24.9. The molecule has 3 heterocycles. The van der Waals surface area contributed by atoms with E-state index in [1.54, 1.807) is 0 Å². The lowest BCUT2D eigenvalue weighted by Gasteiger charge is -2.24. The Hall–Kier alpha value is -0.740. The molecule has 0 aromatic carbocycles. The third-order valence-electron chi connectivity index (χ3n) is 3.35. The van der Waals surface area contributed by atoms with Crippen molar-refractivity contribution in [2.24, 2.45) is 0 Å². The van der Waals surface area contributed by atoms with Crippen molar-refractivity contribution in [1.82, 2.24) is 15.1 Å². The summed E-state index contributed by atoms with van der Waals surface area (Å²) in [5, 5.41) is 8.39. The summed E-state index contributed by atoms with van der Waals surface area (Å²) < 4.78 is 7.63. The van der Waals surface area contributed by atoms with Crippen molar-refractivity contribution < 1.29 is 4.74 Å². The molecule has 1 fully saturated rings. The molecule has 1 atom stereocenters. The van der Waals surface area contributed by atoms with Gasteiger partial charge in [0.05, 0.1) is 12.2 Å². The molecule has 1 N–H and O–H groups in total. The highest BCUT2D eigenvalue weighted by Crippen LogP contribution is 2.37. The van der Waals surface area contributed by atoms with Crippen LogP contribution in [0.4, 0.5) is 0 Å². The van der Waals surface area contributed by atoms with Gasteiger partial charge in [0.1, 0.15) is 0 Å². The minimum atomic E-state index is 0.461. The summed E-state index contributed by atoms with van der Waals surface area (Å²) in [5.41, 5.74) is 1.12. The standard InChI is InChI=1S/C11H16ClN3O/c12-10-9(8-3-1-4-13-7-8)11-15(14-10)5-2-6-16-11/h8,13H,1-7H2. The average Bonchev–Trinajstić information content (AvgIpc) is 2.66. The van der Waals surface area contributed by atoms with Crippen LogP contribution in [0.3, 0.4) is 0 Å². The van der Waals surface area contributed by atoms with Crippen LogP contribution in [0.5, 0.6) is 5.88 Å². The molecular formula is C11H16ClN3O. The summed E-state index contributed by atoms with van der Waals surface area (Å²) in [6.07, 6.45) is 3.40. The lowest BCUT2D eigenvalue weighted by molar-refractivity contribution is 0.226. The van der Waals surface area contributed by atoms with Crippen molar-refractivity contribution in [1.29, 1.82) is 0 Å². The molecule has 1 aromatic rings. The first-order valence-corrected chi connectivity index (χ1v) is 6.34. The van der Waals surface area contributed by atoms with Crippen molar-refractivity contribution in [3.8, 4) is 5.88 Å². The van der Waals surface area contributed by atoms with Crippen LogP contribution in [0.25, 0.3) is 0 Å². The highest BCUT2D eigenvalue weighted by molar-refractivity contribution is 6.30. The topological polar surface area (TPSA) is 39.1 Å². The summed E-state index contributed by atoms with van der Waals surface area (Å²) >= 11 is 6.23. The van der Waals surface area contributed by atoms with E-state index in [0.717, 1.165) is 44.1 Å².